The van der Waals surface area contributed by atoms with Crippen LogP contribution in [0, 0.1) is 0 Å². The van der Waals surface area contributed by atoms with Gasteiger partial charge in [-0.2, -0.15) is 0 Å². The largest absolute Gasteiger partial charge is 0.388 e. The molecule has 0 aliphatic carbocycles. The second kappa shape index (κ2) is 18.2. The topological polar surface area (TPSA) is 205 Å². The summed E-state index contributed by atoms with van der Waals surface area (Å²) in [5.74, 6) is -0.713. The molecule has 0 aromatic heterocycles. The Hall–Kier alpha value is -4.41. The minimum Gasteiger partial charge on any atom is -0.388 e. The molecule has 2 heterocycles. The third-order valence-corrected chi connectivity index (χ3v) is 7.87. The van der Waals surface area contributed by atoms with Gasteiger partial charge in [-0.15, -0.1) is 0 Å². The lowest BCUT2D eigenvalue weighted by Gasteiger charge is -2.48. The van der Waals surface area contributed by atoms with Gasteiger partial charge in [-0.3, -0.25) is 15.0 Å². The maximum Gasteiger partial charge on any atom is 0.329 e. The van der Waals surface area contributed by atoms with Crippen LogP contribution in [0.1, 0.15) is 50.5 Å². The van der Waals surface area contributed by atoms with E-state index in [9.17, 15) is 29.1 Å². The summed E-state index contributed by atoms with van der Waals surface area (Å²) < 4.78 is 17.9. The fourth-order valence-corrected chi connectivity index (χ4v) is 5.52. The Labute approximate surface area is 278 Å². The average molecular weight is 669 g/mol. The number of hydrazine groups is 1. The number of amides is 5. The number of aldehydes is 1. The highest BCUT2D eigenvalue weighted by atomic mass is 16.7. The van der Waals surface area contributed by atoms with Gasteiger partial charge >= 0.3 is 12.1 Å². The van der Waals surface area contributed by atoms with E-state index >= 15 is 0 Å². The molecule has 0 spiro atoms. The van der Waals surface area contributed by atoms with Crippen molar-refractivity contribution >= 4 is 30.0 Å². The molecule has 2 aromatic carbocycles. The first kappa shape index (κ1) is 36.4. The molecular weight excluding hydrogens is 624 g/mol. The standard InChI is InChI=1S/C33H44N6O9/c1-3-10-25(42)24(15-16-34-32(44)39-38-23(18-40)17-21-11-6-4-7-12-21)36-33(45)37-30-27(35-20(2)41)28(43)29-26(47-30)19-46-31(48-29)22-13-8-5-9-14-22/h4-9,11-14,18,23-24,26-31,38,43H,3,10,15-17,19H2,1-2H3,(H,35,41)(H2,34,39,44)(H2,36,37,45)/t23-,24-,26+,27+,28+,29+,30?,31?/m0/s1. The van der Waals surface area contributed by atoms with Gasteiger partial charge in [0.25, 0.3) is 0 Å². The van der Waals surface area contributed by atoms with Crippen molar-refractivity contribution in [3.05, 3.63) is 71.8 Å². The van der Waals surface area contributed by atoms with Crippen molar-refractivity contribution in [3.63, 3.8) is 0 Å². The lowest BCUT2D eigenvalue weighted by Crippen LogP contribution is -2.70. The van der Waals surface area contributed by atoms with Crippen molar-refractivity contribution in [1.29, 1.82) is 0 Å². The van der Waals surface area contributed by atoms with Gasteiger partial charge in [0.1, 0.15) is 30.6 Å². The van der Waals surface area contributed by atoms with E-state index in [0.29, 0.717) is 19.1 Å². The number of ether oxygens (including phenoxy) is 3. The highest BCUT2D eigenvalue weighted by Crippen LogP contribution is 2.33. The van der Waals surface area contributed by atoms with Crippen LogP contribution in [0.3, 0.4) is 0 Å². The Balaban J connectivity index is 1.30. The van der Waals surface area contributed by atoms with E-state index < -0.39 is 66.9 Å². The van der Waals surface area contributed by atoms with Crippen LogP contribution < -0.4 is 32.1 Å². The number of benzene rings is 2. The van der Waals surface area contributed by atoms with Gasteiger partial charge in [-0.25, -0.2) is 15.0 Å². The number of fused-ring (bicyclic) bond motifs is 1. The molecule has 2 aromatic rings. The summed E-state index contributed by atoms with van der Waals surface area (Å²) >= 11 is 0. The lowest BCUT2D eigenvalue weighted by molar-refractivity contribution is -0.316. The zero-order valence-electron chi connectivity index (χ0n) is 26.9. The molecule has 4 rings (SSSR count). The number of Topliss-reactive ketones (excluding diaryl/α,β-unsaturated/α-hetero) is 1. The second-order valence-electron chi connectivity index (χ2n) is 11.6. The molecule has 7 N–H and O–H groups in total. The van der Waals surface area contributed by atoms with E-state index in [1.807, 2.05) is 67.6 Å². The van der Waals surface area contributed by atoms with Crippen molar-refractivity contribution in [2.45, 2.75) is 88.5 Å². The van der Waals surface area contributed by atoms with E-state index in [4.69, 9.17) is 14.2 Å². The summed E-state index contributed by atoms with van der Waals surface area (Å²) in [5, 5.41) is 21.7. The van der Waals surface area contributed by atoms with Crippen molar-refractivity contribution in [2.75, 3.05) is 13.2 Å². The monoisotopic (exact) mass is 668 g/mol. The van der Waals surface area contributed by atoms with E-state index in [1.165, 1.54) is 6.92 Å². The van der Waals surface area contributed by atoms with Crippen molar-refractivity contribution < 1.29 is 43.3 Å². The third-order valence-electron chi connectivity index (χ3n) is 7.87. The Kier molecular flexibility index (Phi) is 13.8. The first-order valence-electron chi connectivity index (χ1n) is 16.0. The minimum absolute atomic E-state index is 0.0204. The van der Waals surface area contributed by atoms with Gasteiger partial charge in [-0.1, -0.05) is 67.6 Å². The van der Waals surface area contributed by atoms with Gasteiger partial charge in [0.05, 0.1) is 18.7 Å². The van der Waals surface area contributed by atoms with Crippen LogP contribution in [-0.2, 0) is 35.0 Å². The fraction of sp³-hybridized carbons (Fsp3) is 0.485. The molecule has 15 heteroatoms. The van der Waals surface area contributed by atoms with Crippen LogP contribution in [0.2, 0.25) is 0 Å². The van der Waals surface area contributed by atoms with Crippen LogP contribution in [0.15, 0.2) is 60.7 Å². The van der Waals surface area contributed by atoms with Gasteiger partial charge in [0, 0.05) is 25.5 Å². The van der Waals surface area contributed by atoms with Gasteiger partial charge in [-0.05, 0) is 24.8 Å². The number of hydrogen-bond acceptors (Lipinski definition) is 10. The van der Waals surface area contributed by atoms with E-state index in [1.54, 1.807) is 0 Å². The Bertz CT molecular complexity index is 1370. The molecule has 0 radical (unpaired) electrons. The zero-order valence-corrected chi connectivity index (χ0v) is 26.9. The molecule has 2 fully saturated rings. The van der Waals surface area contributed by atoms with E-state index in [2.05, 4.69) is 32.1 Å². The van der Waals surface area contributed by atoms with Crippen molar-refractivity contribution in [3.8, 4) is 0 Å². The molecule has 0 bridgehead atoms. The number of ketones is 1. The number of aliphatic hydroxyl groups is 1. The fourth-order valence-electron chi connectivity index (χ4n) is 5.52. The quantitative estimate of drug-likeness (QED) is 0.105. The summed E-state index contributed by atoms with van der Waals surface area (Å²) in [4.78, 5) is 61.9. The maximum atomic E-state index is 13.2. The molecule has 5 amide bonds. The van der Waals surface area contributed by atoms with Crippen LogP contribution in [-0.4, -0.2) is 91.0 Å². The van der Waals surface area contributed by atoms with Gasteiger partial charge < -0.3 is 45.4 Å². The first-order chi connectivity index (χ1) is 23.2. The summed E-state index contributed by atoms with van der Waals surface area (Å²) in [5.41, 5.74) is 6.76. The SMILES string of the molecule is CCCC(=O)[C@H](CCNC(=O)NN[C@H](C=O)Cc1ccccc1)NC(=O)NC1O[C@@H]2COC(c3ccccc3)O[C@H]2[C@H](O)[C@H]1NC(C)=O. The Morgan fingerprint density at radius 3 is 2.35 bits per heavy atom. The molecule has 48 heavy (non-hydrogen) atoms. The molecule has 0 saturated carbocycles. The van der Waals surface area contributed by atoms with Crippen molar-refractivity contribution in [2.24, 2.45) is 0 Å². The number of hydrogen-bond donors (Lipinski definition) is 7. The van der Waals surface area contributed by atoms with Crippen LogP contribution in [0.25, 0.3) is 0 Å². The van der Waals surface area contributed by atoms with Crippen LogP contribution >= 0.6 is 0 Å². The predicted molar refractivity (Wildman–Crippen MR) is 172 cm³/mol. The lowest BCUT2D eigenvalue weighted by atomic mass is 9.94. The highest BCUT2D eigenvalue weighted by molar-refractivity contribution is 5.88. The maximum absolute atomic E-state index is 13.2. The number of carbonyl (C=O) groups is 5. The smallest absolute Gasteiger partial charge is 0.329 e. The number of carbonyl (C=O) groups excluding carboxylic acids is 5. The average Bonchev–Trinajstić information content (AvgIpc) is 3.08. The number of aliphatic hydroxyl groups excluding tert-OH is 1. The molecular formula is C33H44N6O9. The zero-order chi connectivity index (χ0) is 34.5. The third kappa shape index (κ3) is 10.6. The summed E-state index contributed by atoms with van der Waals surface area (Å²) in [7, 11) is 0. The summed E-state index contributed by atoms with van der Waals surface area (Å²) in [6, 6.07) is 14.4. The van der Waals surface area contributed by atoms with Crippen LogP contribution in [0.5, 0.6) is 0 Å². The van der Waals surface area contributed by atoms with E-state index in [-0.39, 0.29) is 31.8 Å². The second-order valence-corrected chi connectivity index (χ2v) is 11.6. The molecule has 260 valence electrons. The Morgan fingerprint density at radius 1 is 0.979 bits per heavy atom. The van der Waals surface area contributed by atoms with Gasteiger partial charge in [0.2, 0.25) is 5.91 Å². The molecule has 8 atom stereocenters. The first-order valence-corrected chi connectivity index (χ1v) is 16.0. The van der Waals surface area contributed by atoms with Gasteiger partial charge in [0.15, 0.2) is 18.3 Å². The molecule has 15 nitrogen and oxygen atoms in total. The predicted octanol–water partition coefficient (Wildman–Crippen LogP) is 0.732. The molecule has 2 aliphatic rings. The number of nitrogens with one attached hydrogen (secondary N) is 6. The molecule has 2 unspecified atom stereocenters. The number of rotatable bonds is 15. The minimum atomic E-state index is -1.27. The highest BCUT2D eigenvalue weighted by Gasteiger charge is 2.50. The van der Waals surface area contributed by atoms with Crippen molar-refractivity contribution in [1.82, 2.24) is 32.1 Å². The normalized spacial score (nSPS) is 24.6. The Morgan fingerprint density at radius 2 is 1.69 bits per heavy atom. The van der Waals surface area contributed by atoms with E-state index in [0.717, 1.165) is 11.1 Å². The molecule has 2 aliphatic heterocycles. The molecule has 2 saturated heterocycles. The summed E-state index contributed by atoms with van der Waals surface area (Å²) in [6.07, 6.45) is -2.99. The number of urea groups is 2. The summed E-state index contributed by atoms with van der Waals surface area (Å²) in [6.45, 7) is 3.17. The van der Waals surface area contributed by atoms with Crippen LogP contribution in [0.4, 0.5) is 9.59 Å².